The summed E-state index contributed by atoms with van der Waals surface area (Å²) in [6.07, 6.45) is 1.50. The molecule has 1 heterocycles. The Balaban J connectivity index is 1.83. The highest BCUT2D eigenvalue weighted by Gasteiger charge is 2.32. The van der Waals surface area contributed by atoms with Gasteiger partial charge >= 0.3 is 0 Å². The number of fused-ring (bicyclic) bond motifs is 1. The summed E-state index contributed by atoms with van der Waals surface area (Å²) in [4.78, 5) is 23.3. The summed E-state index contributed by atoms with van der Waals surface area (Å²) in [6, 6.07) is 5.29. The summed E-state index contributed by atoms with van der Waals surface area (Å²) >= 11 is 0. The Morgan fingerprint density at radius 3 is 2.89 bits per heavy atom. The summed E-state index contributed by atoms with van der Waals surface area (Å²) < 4.78 is 5.24. The van der Waals surface area contributed by atoms with Crippen molar-refractivity contribution in [2.24, 2.45) is 11.7 Å². The summed E-state index contributed by atoms with van der Waals surface area (Å²) in [5.41, 5.74) is 6.86. The van der Waals surface area contributed by atoms with E-state index in [1.54, 1.807) is 18.2 Å². The number of carbonyl (C=O) groups excluding carboxylic acids is 2. The average molecular weight is 246 g/mol. The fourth-order valence-electron chi connectivity index (χ4n) is 2.35. The minimum Gasteiger partial charge on any atom is -0.482 e. The van der Waals surface area contributed by atoms with Gasteiger partial charge in [-0.15, -0.1) is 0 Å². The van der Waals surface area contributed by atoms with Crippen LogP contribution in [-0.2, 0) is 4.79 Å². The lowest BCUT2D eigenvalue weighted by molar-refractivity contribution is -0.118. The highest BCUT2D eigenvalue weighted by atomic mass is 16.5. The molecule has 0 radical (unpaired) electrons. The van der Waals surface area contributed by atoms with Gasteiger partial charge in [0.1, 0.15) is 5.75 Å². The number of hydrogen-bond donors (Lipinski definition) is 2. The molecule has 1 saturated carbocycles. The van der Waals surface area contributed by atoms with E-state index in [-0.39, 0.29) is 30.3 Å². The van der Waals surface area contributed by atoms with Crippen LogP contribution in [-0.4, -0.2) is 24.3 Å². The minimum atomic E-state index is -0.197. The molecule has 1 amide bonds. The third kappa shape index (κ3) is 1.86. The van der Waals surface area contributed by atoms with Gasteiger partial charge in [-0.2, -0.15) is 0 Å². The molecule has 3 N–H and O–H groups in total. The molecule has 1 fully saturated rings. The van der Waals surface area contributed by atoms with Crippen molar-refractivity contribution in [1.29, 1.82) is 0 Å². The van der Waals surface area contributed by atoms with Crippen molar-refractivity contribution >= 4 is 17.4 Å². The van der Waals surface area contributed by atoms with E-state index in [2.05, 4.69) is 5.32 Å². The van der Waals surface area contributed by atoms with Crippen LogP contribution in [0, 0.1) is 5.92 Å². The molecule has 5 nitrogen and oxygen atoms in total. The second kappa shape index (κ2) is 4.10. The zero-order valence-electron chi connectivity index (χ0n) is 9.81. The van der Waals surface area contributed by atoms with Gasteiger partial charge in [0.2, 0.25) is 0 Å². The van der Waals surface area contributed by atoms with E-state index in [0.717, 1.165) is 12.8 Å². The number of ether oxygens (including phenoxy) is 1. The monoisotopic (exact) mass is 246 g/mol. The number of ketones is 1. The third-order valence-corrected chi connectivity index (χ3v) is 3.44. The first-order valence-electron chi connectivity index (χ1n) is 6.00. The van der Waals surface area contributed by atoms with Gasteiger partial charge in [0.25, 0.3) is 5.91 Å². The molecule has 94 valence electrons. The highest BCUT2D eigenvalue weighted by Crippen LogP contribution is 2.33. The first kappa shape index (κ1) is 11.2. The van der Waals surface area contributed by atoms with Crippen LogP contribution in [0.15, 0.2) is 18.2 Å². The number of nitrogens with two attached hydrogens (primary N) is 1. The predicted octanol–water partition coefficient (Wildman–Crippen LogP) is 0.937. The maximum atomic E-state index is 12.1. The van der Waals surface area contributed by atoms with Gasteiger partial charge in [-0.05, 0) is 31.0 Å². The van der Waals surface area contributed by atoms with E-state index in [4.69, 9.17) is 10.5 Å². The Kier molecular flexibility index (Phi) is 2.56. The van der Waals surface area contributed by atoms with Gasteiger partial charge in [-0.3, -0.25) is 9.59 Å². The molecule has 1 aliphatic carbocycles. The van der Waals surface area contributed by atoms with Gasteiger partial charge in [0.05, 0.1) is 5.69 Å². The molecule has 0 unspecified atom stereocenters. The lowest BCUT2D eigenvalue weighted by Gasteiger charge is -2.31. The number of rotatable bonds is 2. The SMILES string of the molecule is NC1CC(C(=O)c2ccc3c(c2)NC(=O)CO3)C1. The van der Waals surface area contributed by atoms with Crippen molar-refractivity contribution in [1.82, 2.24) is 0 Å². The fourth-order valence-corrected chi connectivity index (χ4v) is 2.35. The standard InChI is InChI=1S/C13H14N2O3/c14-9-3-8(4-9)13(17)7-1-2-11-10(5-7)15-12(16)6-18-11/h1-2,5,8-9H,3-4,6,14H2,(H,15,16). The van der Waals surface area contributed by atoms with Crippen LogP contribution in [0.2, 0.25) is 0 Å². The van der Waals surface area contributed by atoms with Crippen LogP contribution in [0.5, 0.6) is 5.75 Å². The molecular formula is C13H14N2O3. The van der Waals surface area contributed by atoms with Gasteiger partial charge < -0.3 is 15.8 Å². The van der Waals surface area contributed by atoms with Crippen LogP contribution in [0.4, 0.5) is 5.69 Å². The normalized spacial score (nSPS) is 25.5. The fraction of sp³-hybridized carbons (Fsp3) is 0.385. The molecule has 2 aliphatic rings. The van der Waals surface area contributed by atoms with E-state index in [1.165, 1.54) is 0 Å². The number of amides is 1. The maximum absolute atomic E-state index is 12.1. The van der Waals surface area contributed by atoms with Crippen LogP contribution in [0.1, 0.15) is 23.2 Å². The zero-order valence-corrected chi connectivity index (χ0v) is 9.81. The first-order chi connectivity index (χ1) is 8.63. The second-order valence-corrected chi connectivity index (χ2v) is 4.84. The summed E-state index contributed by atoms with van der Waals surface area (Å²) in [6.45, 7) is 0.0256. The topological polar surface area (TPSA) is 81.4 Å². The summed E-state index contributed by atoms with van der Waals surface area (Å²) in [7, 11) is 0. The number of hydrogen-bond acceptors (Lipinski definition) is 4. The smallest absolute Gasteiger partial charge is 0.262 e. The second-order valence-electron chi connectivity index (χ2n) is 4.84. The summed E-state index contributed by atoms with van der Waals surface area (Å²) in [5, 5.41) is 2.70. The van der Waals surface area contributed by atoms with E-state index in [0.29, 0.717) is 17.0 Å². The molecule has 1 aromatic carbocycles. The van der Waals surface area contributed by atoms with Crippen LogP contribution in [0.3, 0.4) is 0 Å². The Hall–Kier alpha value is -1.88. The molecule has 0 atom stereocenters. The molecule has 5 heteroatoms. The van der Waals surface area contributed by atoms with Crippen LogP contribution >= 0.6 is 0 Å². The van der Waals surface area contributed by atoms with E-state index in [1.807, 2.05) is 0 Å². The predicted molar refractivity (Wildman–Crippen MR) is 65.6 cm³/mol. The molecular weight excluding hydrogens is 232 g/mol. The number of benzene rings is 1. The van der Waals surface area contributed by atoms with E-state index in [9.17, 15) is 9.59 Å². The van der Waals surface area contributed by atoms with Gasteiger partial charge in [-0.25, -0.2) is 0 Å². The van der Waals surface area contributed by atoms with Crippen molar-refractivity contribution in [3.63, 3.8) is 0 Å². The van der Waals surface area contributed by atoms with Crippen LogP contribution in [0.25, 0.3) is 0 Å². The zero-order chi connectivity index (χ0) is 12.7. The Morgan fingerprint density at radius 2 is 2.17 bits per heavy atom. The molecule has 1 aliphatic heterocycles. The van der Waals surface area contributed by atoms with Crippen molar-refractivity contribution in [3.8, 4) is 5.75 Å². The highest BCUT2D eigenvalue weighted by molar-refractivity contribution is 6.02. The third-order valence-electron chi connectivity index (χ3n) is 3.44. The van der Waals surface area contributed by atoms with E-state index < -0.39 is 0 Å². The Morgan fingerprint density at radius 1 is 1.39 bits per heavy atom. The van der Waals surface area contributed by atoms with Crippen LogP contribution < -0.4 is 15.8 Å². The van der Waals surface area contributed by atoms with Crippen molar-refractivity contribution in [2.75, 3.05) is 11.9 Å². The molecule has 0 aromatic heterocycles. The molecule has 0 spiro atoms. The lowest BCUT2D eigenvalue weighted by atomic mass is 9.76. The molecule has 18 heavy (non-hydrogen) atoms. The summed E-state index contributed by atoms with van der Waals surface area (Å²) in [5.74, 6) is 0.534. The minimum absolute atomic E-state index is 0.0256. The van der Waals surface area contributed by atoms with Crippen molar-refractivity contribution in [2.45, 2.75) is 18.9 Å². The van der Waals surface area contributed by atoms with Crippen molar-refractivity contribution in [3.05, 3.63) is 23.8 Å². The van der Waals surface area contributed by atoms with Gasteiger partial charge in [0.15, 0.2) is 12.4 Å². The maximum Gasteiger partial charge on any atom is 0.262 e. The van der Waals surface area contributed by atoms with E-state index >= 15 is 0 Å². The van der Waals surface area contributed by atoms with Crippen molar-refractivity contribution < 1.29 is 14.3 Å². The number of nitrogens with one attached hydrogen (secondary N) is 1. The molecule has 1 aromatic rings. The first-order valence-corrected chi connectivity index (χ1v) is 6.00. The average Bonchev–Trinajstić information content (AvgIpc) is 2.33. The van der Waals surface area contributed by atoms with Gasteiger partial charge in [-0.1, -0.05) is 0 Å². The van der Waals surface area contributed by atoms with Gasteiger partial charge in [0, 0.05) is 17.5 Å². The number of carbonyl (C=O) groups is 2. The molecule has 0 bridgehead atoms. The quantitative estimate of drug-likeness (QED) is 0.761. The molecule has 3 rings (SSSR count). The Bertz CT molecular complexity index is 521. The molecule has 0 saturated heterocycles. The number of Topliss-reactive ketones (excluding diaryl/α,β-unsaturated/α-hetero) is 1. The largest absolute Gasteiger partial charge is 0.482 e. The lowest BCUT2D eigenvalue weighted by Crippen LogP contribution is -2.40. The number of anilines is 1. The Labute approximate surface area is 104 Å².